The molecule has 1 amide bonds. The van der Waals surface area contributed by atoms with Crippen molar-refractivity contribution in [1.82, 2.24) is 9.88 Å². The van der Waals surface area contributed by atoms with E-state index in [1.807, 2.05) is 30.3 Å². The van der Waals surface area contributed by atoms with E-state index in [0.29, 0.717) is 12.2 Å². The van der Waals surface area contributed by atoms with Crippen LogP contribution in [0.5, 0.6) is 0 Å². The Morgan fingerprint density at radius 1 is 1.25 bits per heavy atom. The molecule has 1 N–H and O–H groups in total. The molecule has 0 aliphatic heterocycles. The fourth-order valence-electron chi connectivity index (χ4n) is 1.96. The van der Waals surface area contributed by atoms with Crippen LogP contribution in [0.1, 0.15) is 26.2 Å². The first-order valence-electron chi connectivity index (χ1n) is 6.78. The Balaban J connectivity index is 2.17. The monoisotopic (exact) mass is 274 g/mol. The number of hydrogen-bond acceptors (Lipinski definition) is 3. The van der Waals surface area contributed by atoms with Crippen LogP contribution in [0.2, 0.25) is 0 Å². The molecule has 0 saturated carbocycles. The van der Waals surface area contributed by atoms with Gasteiger partial charge in [0, 0.05) is 12.1 Å². The lowest BCUT2D eigenvalue weighted by atomic mass is 10.2. The third kappa shape index (κ3) is 3.17. The van der Waals surface area contributed by atoms with Crippen molar-refractivity contribution in [3.8, 4) is 11.3 Å². The third-order valence-electron chi connectivity index (χ3n) is 3.02. The van der Waals surface area contributed by atoms with Crippen LogP contribution in [0.4, 0.5) is 4.79 Å². The summed E-state index contributed by atoms with van der Waals surface area (Å²) in [6, 6.07) is 8.76. The summed E-state index contributed by atoms with van der Waals surface area (Å²) in [5.41, 5.74) is 1.23. The molecule has 0 bridgehead atoms. The van der Waals surface area contributed by atoms with Crippen molar-refractivity contribution in [3.05, 3.63) is 47.1 Å². The highest BCUT2D eigenvalue weighted by molar-refractivity contribution is 5.81. The number of nitrogens with zero attached hydrogens (tertiary/aromatic N) is 1. The van der Waals surface area contributed by atoms with E-state index in [4.69, 9.17) is 4.42 Å². The van der Waals surface area contributed by atoms with Gasteiger partial charge in [0.25, 0.3) is 0 Å². The zero-order valence-corrected chi connectivity index (χ0v) is 11.5. The molecule has 5 nitrogen and oxygen atoms in total. The first-order chi connectivity index (χ1) is 9.74. The van der Waals surface area contributed by atoms with Crippen LogP contribution < -0.4 is 11.1 Å². The molecule has 0 unspecified atom stereocenters. The highest BCUT2D eigenvalue weighted by Crippen LogP contribution is 2.17. The highest BCUT2D eigenvalue weighted by atomic mass is 16.4. The minimum atomic E-state index is -0.670. The molecule has 0 spiro atoms. The van der Waals surface area contributed by atoms with E-state index in [0.717, 1.165) is 29.4 Å². The second kappa shape index (κ2) is 6.75. The van der Waals surface area contributed by atoms with Crippen molar-refractivity contribution < 1.29 is 9.21 Å². The standard InChI is InChI=1S/C15H18N2O3/c1-2-3-7-10-16-14(18)17-13(11-20-15(17)19)12-8-5-4-6-9-12/h4-6,8-9,11H,2-3,7,10H2,1H3,(H,16,18). The first-order valence-corrected chi connectivity index (χ1v) is 6.78. The number of carbonyl (C=O) groups excluding carboxylic acids is 1. The van der Waals surface area contributed by atoms with Gasteiger partial charge in [-0.25, -0.2) is 9.59 Å². The van der Waals surface area contributed by atoms with Crippen molar-refractivity contribution >= 4 is 6.03 Å². The van der Waals surface area contributed by atoms with E-state index in [1.165, 1.54) is 6.26 Å². The zero-order chi connectivity index (χ0) is 14.4. The van der Waals surface area contributed by atoms with E-state index >= 15 is 0 Å². The van der Waals surface area contributed by atoms with Crippen LogP contribution in [0.25, 0.3) is 11.3 Å². The molecule has 1 aromatic carbocycles. The predicted molar refractivity (Wildman–Crippen MR) is 76.7 cm³/mol. The number of oxazole rings is 1. The quantitative estimate of drug-likeness (QED) is 0.853. The van der Waals surface area contributed by atoms with Gasteiger partial charge in [-0.15, -0.1) is 0 Å². The minimum absolute atomic E-state index is 0.446. The Morgan fingerprint density at radius 2 is 2.00 bits per heavy atom. The molecule has 0 radical (unpaired) electrons. The smallest absolute Gasteiger partial charge is 0.415 e. The number of hydrogen-bond donors (Lipinski definition) is 1. The van der Waals surface area contributed by atoms with Gasteiger partial charge in [0.2, 0.25) is 0 Å². The van der Waals surface area contributed by atoms with E-state index in [-0.39, 0.29) is 0 Å². The molecule has 5 heteroatoms. The molecule has 1 heterocycles. The maximum Gasteiger partial charge on any atom is 0.427 e. The molecule has 0 aliphatic carbocycles. The zero-order valence-electron chi connectivity index (χ0n) is 11.5. The molecule has 2 rings (SSSR count). The van der Waals surface area contributed by atoms with Gasteiger partial charge in [-0.3, -0.25) is 0 Å². The summed E-state index contributed by atoms with van der Waals surface area (Å²) in [4.78, 5) is 23.8. The SMILES string of the molecule is CCCCCNC(=O)n1c(-c2ccccc2)coc1=O. The van der Waals surface area contributed by atoms with Crippen molar-refractivity contribution in [2.24, 2.45) is 0 Å². The molecule has 1 aromatic heterocycles. The van der Waals surface area contributed by atoms with Crippen molar-refractivity contribution in [3.63, 3.8) is 0 Å². The molecule has 106 valence electrons. The van der Waals surface area contributed by atoms with E-state index in [9.17, 15) is 9.59 Å². The molecule has 0 saturated heterocycles. The largest absolute Gasteiger partial charge is 0.427 e. The summed E-state index contributed by atoms with van der Waals surface area (Å²) < 4.78 is 5.87. The summed E-state index contributed by atoms with van der Waals surface area (Å²) in [5.74, 6) is -0.670. The van der Waals surface area contributed by atoms with Gasteiger partial charge in [-0.2, -0.15) is 4.57 Å². The molecule has 0 fully saturated rings. The van der Waals surface area contributed by atoms with Crippen LogP contribution >= 0.6 is 0 Å². The lowest BCUT2D eigenvalue weighted by Gasteiger charge is -2.07. The number of amides is 1. The van der Waals surface area contributed by atoms with Gasteiger partial charge in [0.15, 0.2) is 0 Å². The average molecular weight is 274 g/mol. The lowest BCUT2D eigenvalue weighted by molar-refractivity contribution is 0.240. The second-order valence-corrected chi connectivity index (χ2v) is 4.53. The summed E-state index contributed by atoms with van der Waals surface area (Å²) >= 11 is 0. The lowest BCUT2D eigenvalue weighted by Crippen LogP contribution is -2.35. The van der Waals surface area contributed by atoms with Gasteiger partial charge in [-0.05, 0) is 6.42 Å². The molecular weight excluding hydrogens is 256 g/mol. The van der Waals surface area contributed by atoms with Crippen LogP contribution in [0, 0.1) is 0 Å². The molecule has 20 heavy (non-hydrogen) atoms. The Hall–Kier alpha value is -2.30. The van der Waals surface area contributed by atoms with Crippen molar-refractivity contribution in [2.75, 3.05) is 6.54 Å². The third-order valence-corrected chi connectivity index (χ3v) is 3.02. The Kier molecular flexibility index (Phi) is 4.76. The van der Waals surface area contributed by atoms with Crippen LogP contribution in [-0.2, 0) is 0 Å². The van der Waals surface area contributed by atoms with Gasteiger partial charge in [0.05, 0.1) is 5.69 Å². The van der Waals surface area contributed by atoms with Gasteiger partial charge >= 0.3 is 11.8 Å². The number of carbonyl (C=O) groups is 1. The maximum absolute atomic E-state index is 12.1. The van der Waals surface area contributed by atoms with Crippen LogP contribution in [-0.4, -0.2) is 17.1 Å². The number of benzene rings is 1. The van der Waals surface area contributed by atoms with Gasteiger partial charge in [0.1, 0.15) is 6.26 Å². The fourth-order valence-corrected chi connectivity index (χ4v) is 1.96. The number of rotatable bonds is 5. The second-order valence-electron chi connectivity index (χ2n) is 4.53. The van der Waals surface area contributed by atoms with Crippen LogP contribution in [0.15, 0.2) is 45.8 Å². The minimum Gasteiger partial charge on any atom is -0.415 e. The van der Waals surface area contributed by atoms with E-state index < -0.39 is 11.8 Å². The Bertz CT molecular complexity index is 614. The predicted octanol–water partition coefficient (Wildman–Crippen LogP) is 2.86. The average Bonchev–Trinajstić information content (AvgIpc) is 2.86. The molecule has 2 aromatic rings. The normalized spacial score (nSPS) is 10.4. The summed E-state index contributed by atoms with van der Waals surface area (Å²) in [6.45, 7) is 2.65. The van der Waals surface area contributed by atoms with E-state index in [2.05, 4.69) is 12.2 Å². The van der Waals surface area contributed by atoms with Gasteiger partial charge < -0.3 is 9.73 Å². The first kappa shape index (κ1) is 14.1. The summed E-state index contributed by atoms with van der Waals surface area (Å²) in [5, 5.41) is 2.73. The Labute approximate surface area is 117 Å². The summed E-state index contributed by atoms with van der Waals surface area (Å²) in [7, 11) is 0. The molecular formula is C15H18N2O3. The van der Waals surface area contributed by atoms with Gasteiger partial charge in [-0.1, -0.05) is 50.1 Å². The number of unbranched alkanes of at least 4 members (excludes halogenated alkanes) is 2. The maximum atomic E-state index is 12.1. The highest BCUT2D eigenvalue weighted by Gasteiger charge is 2.16. The number of aromatic nitrogens is 1. The van der Waals surface area contributed by atoms with E-state index in [1.54, 1.807) is 0 Å². The van der Waals surface area contributed by atoms with Crippen molar-refractivity contribution in [1.29, 1.82) is 0 Å². The topological polar surface area (TPSA) is 64.2 Å². The number of nitrogens with one attached hydrogen (secondary N) is 1. The molecule has 0 atom stereocenters. The fraction of sp³-hybridized carbons (Fsp3) is 0.333. The Morgan fingerprint density at radius 3 is 2.70 bits per heavy atom. The molecule has 0 aliphatic rings. The summed E-state index contributed by atoms with van der Waals surface area (Å²) in [6.07, 6.45) is 4.34. The van der Waals surface area contributed by atoms with Crippen LogP contribution in [0.3, 0.4) is 0 Å². The van der Waals surface area contributed by atoms with Crippen molar-refractivity contribution in [2.45, 2.75) is 26.2 Å².